The molecule has 0 bridgehead atoms. The Bertz CT molecular complexity index is 337. The molecule has 0 saturated carbocycles. The van der Waals surface area contributed by atoms with E-state index in [1.807, 2.05) is 12.1 Å². The smallest absolute Gasteiger partial charge is 0.127 e. The maximum Gasteiger partial charge on any atom is 0.127 e. The van der Waals surface area contributed by atoms with Crippen molar-refractivity contribution in [3.63, 3.8) is 0 Å². The van der Waals surface area contributed by atoms with Crippen molar-refractivity contribution in [3.8, 4) is 5.75 Å². The van der Waals surface area contributed by atoms with Crippen LogP contribution < -0.4 is 14.5 Å². The third-order valence-corrected chi connectivity index (χ3v) is 3.59. The van der Waals surface area contributed by atoms with Crippen LogP contribution in [0.1, 0.15) is 19.4 Å². The number of quaternary nitrogens is 2. The molecular formula is C15H28N2O+2. The molecule has 1 rings (SSSR count). The molecule has 1 atom stereocenters. The van der Waals surface area contributed by atoms with E-state index in [2.05, 4.69) is 33.0 Å². The van der Waals surface area contributed by atoms with Crippen LogP contribution in [-0.2, 0) is 6.54 Å². The van der Waals surface area contributed by atoms with E-state index in [1.54, 1.807) is 16.9 Å². The number of nitrogens with one attached hydrogen (secondary N) is 2. The summed E-state index contributed by atoms with van der Waals surface area (Å²) >= 11 is 0. The summed E-state index contributed by atoms with van der Waals surface area (Å²) in [7, 11) is 4.00. The summed E-state index contributed by atoms with van der Waals surface area (Å²) in [6.07, 6.45) is 0. The summed E-state index contributed by atoms with van der Waals surface area (Å²) in [6, 6.07) is 8.31. The lowest BCUT2D eigenvalue weighted by Gasteiger charge is -2.19. The Balaban J connectivity index is 2.46. The molecule has 0 aromatic heterocycles. The molecule has 102 valence electrons. The van der Waals surface area contributed by atoms with Crippen LogP contribution in [0.2, 0.25) is 0 Å². The molecule has 0 aliphatic carbocycles. The first-order valence-electron chi connectivity index (χ1n) is 6.98. The molecule has 1 unspecified atom stereocenters. The van der Waals surface area contributed by atoms with Gasteiger partial charge in [-0.3, -0.25) is 0 Å². The third-order valence-electron chi connectivity index (χ3n) is 3.59. The van der Waals surface area contributed by atoms with E-state index in [0.29, 0.717) is 0 Å². The fourth-order valence-corrected chi connectivity index (χ4v) is 2.26. The quantitative estimate of drug-likeness (QED) is 0.646. The fraction of sp³-hybridized carbons (Fsp3) is 0.600. The number of ether oxygens (including phenoxy) is 1. The van der Waals surface area contributed by atoms with Crippen molar-refractivity contribution >= 4 is 0 Å². The van der Waals surface area contributed by atoms with E-state index < -0.39 is 0 Å². The summed E-state index contributed by atoms with van der Waals surface area (Å²) in [6.45, 7) is 10.4. The van der Waals surface area contributed by atoms with E-state index in [0.717, 1.165) is 12.3 Å². The second-order valence-corrected chi connectivity index (χ2v) is 4.90. The maximum atomic E-state index is 5.40. The summed E-state index contributed by atoms with van der Waals surface area (Å²) < 4.78 is 5.40. The van der Waals surface area contributed by atoms with E-state index in [-0.39, 0.29) is 0 Å². The number of likely N-dealkylation sites (N-methyl/N-ethyl adjacent to an activating group) is 2. The van der Waals surface area contributed by atoms with Gasteiger partial charge in [-0.05, 0) is 26.0 Å². The van der Waals surface area contributed by atoms with Gasteiger partial charge >= 0.3 is 0 Å². The van der Waals surface area contributed by atoms with Crippen molar-refractivity contribution in [3.05, 3.63) is 29.8 Å². The average Bonchev–Trinajstić information content (AvgIpc) is 2.40. The van der Waals surface area contributed by atoms with Gasteiger partial charge in [-0.2, -0.15) is 0 Å². The van der Waals surface area contributed by atoms with Gasteiger partial charge in [0.2, 0.25) is 0 Å². The molecule has 0 spiro atoms. The Morgan fingerprint density at radius 3 is 2.33 bits per heavy atom. The highest BCUT2D eigenvalue weighted by molar-refractivity contribution is 5.32. The van der Waals surface area contributed by atoms with Gasteiger partial charge in [-0.25, -0.2) is 0 Å². The van der Waals surface area contributed by atoms with Crippen molar-refractivity contribution in [1.29, 1.82) is 0 Å². The largest absolute Gasteiger partial charge is 0.496 e. The monoisotopic (exact) mass is 252 g/mol. The Kier molecular flexibility index (Phi) is 6.76. The van der Waals surface area contributed by atoms with Crippen LogP contribution >= 0.6 is 0 Å². The van der Waals surface area contributed by atoms with Crippen LogP contribution in [0.4, 0.5) is 0 Å². The zero-order chi connectivity index (χ0) is 13.4. The molecule has 18 heavy (non-hydrogen) atoms. The minimum absolute atomic E-state index is 1.01. The summed E-state index contributed by atoms with van der Waals surface area (Å²) in [5, 5.41) is 0. The number of para-hydroxylation sites is 1. The summed E-state index contributed by atoms with van der Waals surface area (Å²) in [5.41, 5.74) is 1.30. The molecule has 0 amide bonds. The van der Waals surface area contributed by atoms with Crippen molar-refractivity contribution in [2.24, 2.45) is 0 Å². The molecule has 1 aromatic carbocycles. The van der Waals surface area contributed by atoms with Gasteiger partial charge in [-0.15, -0.1) is 0 Å². The van der Waals surface area contributed by atoms with Crippen molar-refractivity contribution < 1.29 is 14.5 Å². The molecule has 1 aromatic rings. The normalized spacial score (nSPS) is 12.7. The van der Waals surface area contributed by atoms with Crippen molar-refractivity contribution in [2.75, 3.05) is 40.3 Å². The number of rotatable bonds is 8. The van der Waals surface area contributed by atoms with Gasteiger partial charge in [0, 0.05) is 5.56 Å². The van der Waals surface area contributed by atoms with Gasteiger partial charge in [0.25, 0.3) is 0 Å². The molecule has 0 radical (unpaired) electrons. The van der Waals surface area contributed by atoms with E-state index in [9.17, 15) is 0 Å². The molecule has 0 saturated heterocycles. The third kappa shape index (κ3) is 4.67. The number of hydrogen-bond acceptors (Lipinski definition) is 1. The highest BCUT2D eigenvalue weighted by Crippen LogP contribution is 2.15. The standard InChI is InChI=1S/C15H26N2O/c1-5-17(6-2)12-11-16(3)13-14-9-7-8-10-15(14)18-4/h7-10H,5-6,11-13H2,1-4H3/p+2. The Morgan fingerprint density at radius 2 is 1.72 bits per heavy atom. The van der Waals surface area contributed by atoms with E-state index in [1.165, 1.54) is 31.7 Å². The van der Waals surface area contributed by atoms with Crippen LogP contribution in [0.15, 0.2) is 24.3 Å². The number of hydrogen-bond donors (Lipinski definition) is 2. The van der Waals surface area contributed by atoms with Crippen LogP contribution in [0.25, 0.3) is 0 Å². The van der Waals surface area contributed by atoms with Crippen LogP contribution in [0.5, 0.6) is 5.75 Å². The van der Waals surface area contributed by atoms with Crippen LogP contribution in [-0.4, -0.2) is 40.3 Å². The van der Waals surface area contributed by atoms with Crippen molar-refractivity contribution in [2.45, 2.75) is 20.4 Å². The number of benzene rings is 1. The van der Waals surface area contributed by atoms with E-state index >= 15 is 0 Å². The lowest BCUT2D eigenvalue weighted by atomic mass is 10.2. The zero-order valence-electron chi connectivity index (χ0n) is 12.3. The maximum absolute atomic E-state index is 5.40. The first kappa shape index (κ1) is 15.0. The molecule has 0 aliphatic heterocycles. The number of methoxy groups -OCH3 is 1. The molecular weight excluding hydrogens is 224 g/mol. The van der Waals surface area contributed by atoms with Crippen molar-refractivity contribution in [1.82, 2.24) is 0 Å². The Morgan fingerprint density at radius 1 is 1.06 bits per heavy atom. The van der Waals surface area contributed by atoms with Gasteiger partial charge in [0.05, 0.1) is 27.2 Å². The highest BCUT2D eigenvalue weighted by Gasteiger charge is 2.11. The summed E-state index contributed by atoms with van der Waals surface area (Å²) in [5.74, 6) is 1.01. The van der Waals surface area contributed by atoms with Gasteiger partial charge in [0.15, 0.2) is 0 Å². The van der Waals surface area contributed by atoms with Gasteiger partial charge < -0.3 is 14.5 Å². The average molecular weight is 252 g/mol. The molecule has 0 aliphatic rings. The Labute approximate surface area is 111 Å². The SMILES string of the molecule is CC[NH+](CC)CC[NH+](C)Cc1ccccc1OC. The van der Waals surface area contributed by atoms with Crippen LogP contribution in [0.3, 0.4) is 0 Å². The molecule has 3 heteroatoms. The molecule has 2 N–H and O–H groups in total. The Hall–Kier alpha value is -1.06. The summed E-state index contributed by atoms with van der Waals surface area (Å²) in [4.78, 5) is 3.22. The molecule has 3 nitrogen and oxygen atoms in total. The first-order valence-corrected chi connectivity index (χ1v) is 6.98. The topological polar surface area (TPSA) is 18.1 Å². The second kappa shape index (κ2) is 8.11. The lowest BCUT2D eigenvalue weighted by molar-refractivity contribution is -0.953. The molecule has 0 fully saturated rings. The second-order valence-electron chi connectivity index (χ2n) is 4.90. The first-order chi connectivity index (χ1) is 8.71. The fourth-order valence-electron chi connectivity index (χ4n) is 2.26. The zero-order valence-corrected chi connectivity index (χ0v) is 12.3. The van der Waals surface area contributed by atoms with Crippen LogP contribution in [0, 0.1) is 0 Å². The van der Waals surface area contributed by atoms with E-state index in [4.69, 9.17) is 4.74 Å². The lowest BCUT2D eigenvalue weighted by Crippen LogP contribution is -3.18. The predicted octanol–water partition coefficient (Wildman–Crippen LogP) is -0.365. The highest BCUT2D eigenvalue weighted by atomic mass is 16.5. The van der Waals surface area contributed by atoms with Gasteiger partial charge in [-0.1, -0.05) is 12.1 Å². The minimum Gasteiger partial charge on any atom is -0.496 e. The minimum atomic E-state index is 1.01. The predicted molar refractivity (Wildman–Crippen MR) is 75.4 cm³/mol. The molecule has 0 heterocycles. The van der Waals surface area contributed by atoms with Gasteiger partial charge in [0.1, 0.15) is 25.4 Å².